The van der Waals surface area contributed by atoms with Gasteiger partial charge in [-0.2, -0.15) is 0 Å². The summed E-state index contributed by atoms with van der Waals surface area (Å²) in [6, 6.07) is 9.67. The van der Waals surface area contributed by atoms with Crippen molar-refractivity contribution < 1.29 is 4.74 Å². The van der Waals surface area contributed by atoms with Gasteiger partial charge in [-0.1, -0.05) is 12.1 Å². The summed E-state index contributed by atoms with van der Waals surface area (Å²) in [5.41, 5.74) is 0.959. The fraction of sp³-hybridized carbons (Fsp3) is 0.286. The number of hydrogen-bond acceptors (Lipinski definition) is 4. The molecule has 0 fully saturated rings. The van der Waals surface area contributed by atoms with Gasteiger partial charge in [0, 0.05) is 18.3 Å². The Labute approximate surface area is 107 Å². The average Bonchev–Trinajstić information content (AvgIpc) is 2.40. The molecule has 18 heavy (non-hydrogen) atoms. The summed E-state index contributed by atoms with van der Waals surface area (Å²) in [5.74, 6) is 2.38. The van der Waals surface area contributed by atoms with Crippen LogP contribution in [0.25, 0.3) is 11.4 Å². The van der Waals surface area contributed by atoms with Gasteiger partial charge in [-0.25, -0.2) is 9.97 Å². The quantitative estimate of drug-likeness (QED) is 0.877. The first kappa shape index (κ1) is 12.4. The summed E-state index contributed by atoms with van der Waals surface area (Å²) in [5, 5.41) is 3.18. The van der Waals surface area contributed by atoms with E-state index in [4.69, 9.17) is 4.74 Å². The van der Waals surface area contributed by atoms with Crippen LogP contribution in [0.1, 0.15) is 13.8 Å². The molecule has 4 nitrogen and oxygen atoms in total. The maximum absolute atomic E-state index is 5.47. The van der Waals surface area contributed by atoms with Crippen LogP contribution in [0.15, 0.2) is 36.5 Å². The number of anilines is 1. The van der Waals surface area contributed by atoms with Crippen LogP contribution >= 0.6 is 0 Å². The SMILES string of the molecule is CCNc1ccnc(-c2cccc(OCC)c2)n1. The number of hydrogen-bond donors (Lipinski definition) is 1. The fourth-order valence-corrected chi connectivity index (χ4v) is 1.67. The minimum atomic E-state index is 0.655. The summed E-state index contributed by atoms with van der Waals surface area (Å²) in [7, 11) is 0. The lowest BCUT2D eigenvalue weighted by Crippen LogP contribution is -2.01. The number of rotatable bonds is 5. The second-order valence-electron chi connectivity index (χ2n) is 3.76. The van der Waals surface area contributed by atoms with Crippen LogP contribution in [0, 0.1) is 0 Å². The third-order valence-corrected chi connectivity index (χ3v) is 2.42. The van der Waals surface area contributed by atoms with Crippen molar-refractivity contribution in [3.8, 4) is 17.1 Å². The molecule has 0 aliphatic rings. The van der Waals surface area contributed by atoms with E-state index in [9.17, 15) is 0 Å². The first-order valence-electron chi connectivity index (χ1n) is 6.13. The zero-order chi connectivity index (χ0) is 12.8. The van der Waals surface area contributed by atoms with E-state index in [2.05, 4.69) is 15.3 Å². The van der Waals surface area contributed by atoms with Crippen molar-refractivity contribution in [3.05, 3.63) is 36.5 Å². The molecule has 4 heteroatoms. The summed E-state index contributed by atoms with van der Waals surface area (Å²) >= 11 is 0. The van der Waals surface area contributed by atoms with Crippen LogP contribution in [0.5, 0.6) is 5.75 Å². The zero-order valence-electron chi connectivity index (χ0n) is 10.7. The number of nitrogens with zero attached hydrogens (tertiary/aromatic N) is 2. The van der Waals surface area contributed by atoms with E-state index in [1.165, 1.54) is 0 Å². The second-order valence-corrected chi connectivity index (χ2v) is 3.76. The molecule has 0 saturated heterocycles. The Kier molecular flexibility index (Phi) is 4.12. The molecule has 1 N–H and O–H groups in total. The Morgan fingerprint density at radius 1 is 1.22 bits per heavy atom. The topological polar surface area (TPSA) is 47.0 Å². The number of aromatic nitrogens is 2. The Balaban J connectivity index is 2.29. The van der Waals surface area contributed by atoms with Gasteiger partial charge in [-0.05, 0) is 32.0 Å². The third-order valence-electron chi connectivity index (χ3n) is 2.42. The van der Waals surface area contributed by atoms with Crippen LogP contribution < -0.4 is 10.1 Å². The Bertz CT molecular complexity index is 466. The molecule has 94 valence electrons. The largest absolute Gasteiger partial charge is 0.494 e. The van der Waals surface area contributed by atoms with Gasteiger partial charge < -0.3 is 10.1 Å². The highest BCUT2D eigenvalue weighted by molar-refractivity contribution is 5.59. The van der Waals surface area contributed by atoms with Gasteiger partial charge in [0.2, 0.25) is 0 Å². The predicted molar refractivity (Wildman–Crippen MR) is 72.8 cm³/mol. The Morgan fingerprint density at radius 3 is 2.89 bits per heavy atom. The van der Waals surface area contributed by atoms with Crippen molar-refractivity contribution >= 4 is 5.82 Å². The van der Waals surface area contributed by atoms with Gasteiger partial charge in [-0.3, -0.25) is 0 Å². The highest BCUT2D eigenvalue weighted by atomic mass is 16.5. The number of nitrogens with one attached hydrogen (secondary N) is 1. The van der Waals surface area contributed by atoms with Gasteiger partial charge in [0.15, 0.2) is 5.82 Å². The molecule has 1 heterocycles. The van der Waals surface area contributed by atoms with Gasteiger partial charge in [0.05, 0.1) is 6.61 Å². The molecular weight excluding hydrogens is 226 g/mol. The van der Waals surface area contributed by atoms with Crippen molar-refractivity contribution in [1.82, 2.24) is 9.97 Å². The lowest BCUT2D eigenvalue weighted by atomic mass is 10.2. The molecule has 0 spiro atoms. The lowest BCUT2D eigenvalue weighted by Gasteiger charge is -2.07. The third kappa shape index (κ3) is 2.97. The van der Waals surface area contributed by atoms with Crippen molar-refractivity contribution in [2.24, 2.45) is 0 Å². The summed E-state index contributed by atoms with van der Waals surface area (Å²) in [4.78, 5) is 8.74. The predicted octanol–water partition coefficient (Wildman–Crippen LogP) is 2.97. The zero-order valence-corrected chi connectivity index (χ0v) is 10.7. The smallest absolute Gasteiger partial charge is 0.161 e. The van der Waals surface area contributed by atoms with Crippen molar-refractivity contribution in [1.29, 1.82) is 0 Å². The van der Waals surface area contributed by atoms with Crippen LogP contribution in [-0.2, 0) is 0 Å². The maximum atomic E-state index is 5.47. The summed E-state index contributed by atoms with van der Waals surface area (Å²) in [6.45, 7) is 5.50. The van der Waals surface area contributed by atoms with Crippen molar-refractivity contribution in [3.63, 3.8) is 0 Å². The minimum absolute atomic E-state index is 0.655. The standard InChI is InChI=1S/C14H17N3O/c1-3-15-13-8-9-16-14(17-13)11-6-5-7-12(10-11)18-4-2/h5-10H,3-4H2,1-2H3,(H,15,16,17). The molecule has 2 aromatic rings. The second kappa shape index (κ2) is 6.00. The molecule has 0 amide bonds. The van der Waals surface area contributed by atoms with E-state index in [0.29, 0.717) is 12.4 Å². The molecule has 1 aromatic carbocycles. The van der Waals surface area contributed by atoms with E-state index in [1.807, 2.05) is 44.2 Å². The molecule has 0 aliphatic heterocycles. The van der Waals surface area contributed by atoms with E-state index in [0.717, 1.165) is 23.7 Å². The van der Waals surface area contributed by atoms with Gasteiger partial charge in [-0.15, -0.1) is 0 Å². The molecular formula is C14H17N3O. The molecule has 0 bridgehead atoms. The van der Waals surface area contributed by atoms with Gasteiger partial charge >= 0.3 is 0 Å². The van der Waals surface area contributed by atoms with Crippen molar-refractivity contribution in [2.45, 2.75) is 13.8 Å². The molecule has 0 unspecified atom stereocenters. The first-order chi connectivity index (χ1) is 8.83. The first-order valence-corrected chi connectivity index (χ1v) is 6.13. The van der Waals surface area contributed by atoms with E-state index < -0.39 is 0 Å². The van der Waals surface area contributed by atoms with Crippen LogP contribution in [0.3, 0.4) is 0 Å². The highest BCUT2D eigenvalue weighted by Gasteiger charge is 2.03. The minimum Gasteiger partial charge on any atom is -0.494 e. The van der Waals surface area contributed by atoms with Crippen LogP contribution in [0.2, 0.25) is 0 Å². The average molecular weight is 243 g/mol. The Hall–Kier alpha value is -2.10. The number of ether oxygens (including phenoxy) is 1. The fourth-order valence-electron chi connectivity index (χ4n) is 1.67. The lowest BCUT2D eigenvalue weighted by molar-refractivity contribution is 0.340. The highest BCUT2D eigenvalue weighted by Crippen LogP contribution is 2.21. The Morgan fingerprint density at radius 2 is 2.11 bits per heavy atom. The summed E-state index contributed by atoms with van der Waals surface area (Å²) in [6.07, 6.45) is 1.76. The van der Waals surface area contributed by atoms with Crippen LogP contribution in [0.4, 0.5) is 5.82 Å². The number of benzene rings is 1. The van der Waals surface area contributed by atoms with E-state index in [1.54, 1.807) is 6.20 Å². The molecule has 0 radical (unpaired) electrons. The molecule has 0 saturated carbocycles. The van der Waals surface area contributed by atoms with Gasteiger partial charge in [0.25, 0.3) is 0 Å². The van der Waals surface area contributed by atoms with Crippen molar-refractivity contribution in [2.75, 3.05) is 18.5 Å². The molecule has 0 atom stereocenters. The van der Waals surface area contributed by atoms with Crippen LogP contribution in [-0.4, -0.2) is 23.1 Å². The molecule has 2 rings (SSSR count). The van der Waals surface area contributed by atoms with E-state index in [-0.39, 0.29) is 0 Å². The molecule has 0 aliphatic carbocycles. The monoisotopic (exact) mass is 243 g/mol. The van der Waals surface area contributed by atoms with E-state index >= 15 is 0 Å². The summed E-state index contributed by atoms with van der Waals surface area (Å²) < 4.78 is 5.47. The van der Waals surface area contributed by atoms with Gasteiger partial charge in [0.1, 0.15) is 11.6 Å². The molecule has 1 aromatic heterocycles. The maximum Gasteiger partial charge on any atom is 0.161 e. The normalized spacial score (nSPS) is 10.1.